The maximum absolute atomic E-state index is 13.2. The fourth-order valence-electron chi connectivity index (χ4n) is 3.16. The fourth-order valence-corrected chi connectivity index (χ4v) is 3.16. The van der Waals surface area contributed by atoms with Gasteiger partial charge >= 0.3 is 18.3 Å². The highest BCUT2D eigenvalue weighted by atomic mass is 19.4. The predicted molar refractivity (Wildman–Crippen MR) is 98.8 cm³/mol. The molecule has 0 aliphatic rings. The summed E-state index contributed by atoms with van der Waals surface area (Å²) in [6, 6.07) is 4.52. The number of esters is 1. The number of hydrogen-bond acceptors (Lipinski definition) is 4. The van der Waals surface area contributed by atoms with Crippen LogP contribution in [0.25, 0.3) is 10.9 Å². The van der Waals surface area contributed by atoms with Crippen LogP contribution in [-0.4, -0.2) is 48.4 Å². The third-order valence-corrected chi connectivity index (χ3v) is 4.63. The number of methoxy groups -OCH3 is 1. The molecule has 172 valence electrons. The lowest BCUT2D eigenvalue weighted by molar-refractivity contribution is -0.211. The van der Waals surface area contributed by atoms with Gasteiger partial charge in [0.05, 0.1) is 12.2 Å². The van der Waals surface area contributed by atoms with Gasteiger partial charge < -0.3 is 14.5 Å². The summed E-state index contributed by atoms with van der Waals surface area (Å²) in [6.07, 6.45) is -10.4. The zero-order valence-electron chi connectivity index (χ0n) is 17.0. The van der Waals surface area contributed by atoms with Crippen molar-refractivity contribution in [2.75, 3.05) is 13.7 Å². The normalized spacial score (nSPS) is 12.9. The number of ether oxygens (including phenoxy) is 2. The number of carbonyl (C=O) groups excluding carboxylic acids is 2. The third-order valence-electron chi connectivity index (χ3n) is 4.63. The van der Waals surface area contributed by atoms with E-state index in [1.54, 1.807) is 6.07 Å². The summed E-state index contributed by atoms with van der Waals surface area (Å²) in [5.74, 6) is -4.38. The SMILES string of the molecule is COCCc1[nH]c2cccc(CCC(C)(C)OC(=O)C(F)(F)F)c2c1C(=O)C(F)(F)F. The highest BCUT2D eigenvalue weighted by Crippen LogP contribution is 2.34. The Morgan fingerprint density at radius 2 is 1.65 bits per heavy atom. The number of ketones is 1. The van der Waals surface area contributed by atoms with Crippen molar-refractivity contribution in [2.24, 2.45) is 0 Å². The second-order valence-electron chi connectivity index (χ2n) is 7.53. The highest BCUT2D eigenvalue weighted by molar-refractivity contribution is 6.12. The van der Waals surface area contributed by atoms with Crippen LogP contribution in [0.4, 0.5) is 26.3 Å². The number of fused-ring (bicyclic) bond motifs is 1. The molecular weight excluding hydrogens is 432 g/mol. The molecule has 0 bridgehead atoms. The van der Waals surface area contributed by atoms with Gasteiger partial charge in [0.1, 0.15) is 5.60 Å². The molecule has 1 heterocycles. The number of aryl methyl sites for hydroxylation is 1. The van der Waals surface area contributed by atoms with Crippen LogP contribution in [0.5, 0.6) is 0 Å². The standard InChI is InChI=1S/C20H21F6NO4/c1-18(2,31-17(29)20(24,25)26)9-7-11-5-4-6-12-14(11)15(16(28)19(21,22)23)13(27-12)8-10-30-3/h4-6,27H,7-10H2,1-3H3. The van der Waals surface area contributed by atoms with Crippen molar-refractivity contribution in [3.63, 3.8) is 0 Å². The lowest BCUT2D eigenvalue weighted by Gasteiger charge is -2.25. The molecule has 0 spiro atoms. The Kier molecular flexibility index (Phi) is 7.09. The quantitative estimate of drug-likeness (QED) is 0.350. The van der Waals surface area contributed by atoms with Gasteiger partial charge in [-0.15, -0.1) is 0 Å². The van der Waals surface area contributed by atoms with Crippen LogP contribution in [0, 0.1) is 0 Å². The van der Waals surface area contributed by atoms with Crippen LogP contribution < -0.4 is 0 Å². The predicted octanol–water partition coefficient (Wildman–Crippen LogP) is 4.92. The average Bonchev–Trinajstić information content (AvgIpc) is 3.00. The molecule has 5 nitrogen and oxygen atoms in total. The van der Waals surface area contributed by atoms with Crippen molar-refractivity contribution < 1.29 is 45.4 Å². The molecule has 0 unspecified atom stereocenters. The van der Waals surface area contributed by atoms with E-state index in [4.69, 9.17) is 4.74 Å². The van der Waals surface area contributed by atoms with Crippen molar-refractivity contribution in [1.29, 1.82) is 0 Å². The Balaban J connectivity index is 2.43. The van der Waals surface area contributed by atoms with Crippen molar-refractivity contribution in [3.05, 3.63) is 35.0 Å². The van der Waals surface area contributed by atoms with Gasteiger partial charge in [-0.25, -0.2) is 4.79 Å². The van der Waals surface area contributed by atoms with Gasteiger partial charge in [0.2, 0.25) is 0 Å². The molecule has 2 rings (SSSR count). The van der Waals surface area contributed by atoms with Gasteiger partial charge in [-0.05, 0) is 38.3 Å². The van der Waals surface area contributed by atoms with Crippen LogP contribution in [0.1, 0.15) is 41.9 Å². The molecule has 1 aromatic carbocycles. The molecule has 0 fully saturated rings. The second kappa shape index (κ2) is 8.89. The van der Waals surface area contributed by atoms with Gasteiger partial charge in [-0.3, -0.25) is 4.79 Å². The minimum Gasteiger partial charge on any atom is -0.453 e. The van der Waals surface area contributed by atoms with Gasteiger partial charge in [-0.1, -0.05) is 12.1 Å². The Bertz CT molecular complexity index is 959. The van der Waals surface area contributed by atoms with E-state index < -0.39 is 35.3 Å². The van der Waals surface area contributed by atoms with E-state index in [0.717, 1.165) is 0 Å². The van der Waals surface area contributed by atoms with E-state index in [0.29, 0.717) is 5.56 Å². The monoisotopic (exact) mass is 453 g/mol. The van der Waals surface area contributed by atoms with Crippen LogP contribution in [0.3, 0.4) is 0 Å². The lowest BCUT2D eigenvalue weighted by atomic mass is 9.93. The number of aromatic amines is 1. The van der Waals surface area contributed by atoms with Gasteiger partial charge in [-0.2, -0.15) is 26.3 Å². The smallest absolute Gasteiger partial charge is 0.453 e. The summed E-state index contributed by atoms with van der Waals surface area (Å²) in [4.78, 5) is 26.1. The van der Waals surface area contributed by atoms with E-state index in [-0.39, 0.29) is 42.5 Å². The number of hydrogen-bond donors (Lipinski definition) is 1. The number of carbonyl (C=O) groups is 2. The number of H-pyrrole nitrogens is 1. The highest BCUT2D eigenvalue weighted by Gasteiger charge is 2.44. The van der Waals surface area contributed by atoms with Crippen LogP contribution in [0.15, 0.2) is 18.2 Å². The first-order chi connectivity index (χ1) is 14.2. The number of Topliss-reactive ketones (excluding diaryl/α,β-unsaturated/α-hetero) is 1. The van der Waals surface area contributed by atoms with Gasteiger partial charge in [0.25, 0.3) is 5.78 Å². The fraction of sp³-hybridized carbons (Fsp3) is 0.500. The number of benzene rings is 1. The molecule has 11 heteroatoms. The van der Waals surface area contributed by atoms with Gasteiger partial charge in [0, 0.05) is 30.1 Å². The first-order valence-electron chi connectivity index (χ1n) is 9.20. The minimum atomic E-state index is -5.17. The molecule has 0 aliphatic heterocycles. The second-order valence-corrected chi connectivity index (χ2v) is 7.53. The first kappa shape index (κ1) is 24.7. The summed E-state index contributed by atoms with van der Waals surface area (Å²) < 4.78 is 86.6. The number of nitrogens with one attached hydrogen (secondary N) is 1. The molecule has 0 aliphatic carbocycles. The van der Waals surface area contributed by atoms with Crippen molar-refractivity contribution >= 4 is 22.7 Å². The topological polar surface area (TPSA) is 68.4 Å². The average molecular weight is 453 g/mol. The number of aromatic nitrogens is 1. The molecule has 0 saturated heterocycles. The van der Waals surface area contributed by atoms with Crippen molar-refractivity contribution in [3.8, 4) is 0 Å². The first-order valence-corrected chi connectivity index (χ1v) is 9.20. The summed E-state index contributed by atoms with van der Waals surface area (Å²) in [5, 5.41) is 0.0360. The molecule has 0 saturated carbocycles. The van der Waals surface area contributed by atoms with Gasteiger partial charge in [0.15, 0.2) is 0 Å². The number of rotatable bonds is 8. The Morgan fingerprint density at radius 3 is 2.19 bits per heavy atom. The van der Waals surface area contributed by atoms with Crippen LogP contribution in [0.2, 0.25) is 0 Å². The molecule has 31 heavy (non-hydrogen) atoms. The Labute approximate surface area is 173 Å². The van der Waals surface area contributed by atoms with Crippen molar-refractivity contribution in [2.45, 2.75) is 51.1 Å². The summed E-state index contributed by atoms with van der Waals surface area (Å²) >= 11 is 0. The van der Waals surface area contributed by atoms with Crippen LogP contribution >= 0.6 is 0 Å². The van der Waals surface area contributed by atoms with E-state index in [9.17, 15) is 35.9 Å². The summed E-state index contributed by atoms with van der Waals surface area (Å²) in [6.45, 7) is 2.60. The zero-order chi connectivity index (χ0) is 23.6. The summed E-state index contributed by atoms with van der Waals surface area (Å²) in [7, 11) is 1.36. The lowest BCUT2D eigenvalue weighted by Crippen LogP contribution is -2.36. The molecule has 0 radical (unpaired) electrons. The molecule has 1 N–H and O–H groups in total. The minimum absolute atomic E-state index is 0.0243. The third kappa shape index (κ3) is 5.99. The van der Waals surface area contributed by atoms with E-state index in [1.807, 2.05) is 0 Å². The van der Waals surface area contributed by atoms with Crippen LogP contribution in [-0.2, 0) is 27.1 Å². The zero-order valence-corrected chi connectivity index (χ0v) is 17.0. The number of halogens is 6. The molecule has 0 amide bonds. The molecule has 0 atom stereocenters. The van der Waals surface area contributed by atoms with E-state index >= 15 is 0 Å². The maximum Gasteiger partial charge on any atom is 0.490 e. The summed E-state index contributed by atoms with van der Waals surface area (Å²) in [5.41, 5.74) is -1.45. The van der Waals surface area contributed by atoms with Crippen molar-refractivity contribution in [1.82, 2.24) is 4.98 Å². The molecule has 1 aromatic heterocycles. The number of alkyl halides is 6. The van der Waals surface area contributed by atoms with E-state index in [1.165, 1.54) is 33.1 Å². The van der Waals surface area contributed by atoms with E-state index in [2.05, 4.69) is 9.72 Å². The maximum atomic E-state index is 13.2. The Morgan fingerprint density at radius 1 is 1.00 bits per heavy atom. The Hall–Kier alpha value is -2.56. The largest absolute Gasteiger partial charge is 0.490 e. The molecular formula is C20H21F6NO4. The molecule has 2 aromatic rings.